The first kappa shape index (κ1) is 18.0. The average Bonchev–Trinajstić information content (AvgIpc) is 3.19. The van der Waals surface area contributed by atoms with Gasteiger partial charge in [-0.25, -0.2) is 0 Å². The Morgan fingerprint density at radius 3 is 2.59 bits per heavy atom. The van der Waals surface area contributed by atoms with Gasteiger partial charge in [-0.2, -0.15) is 0 Å². The average molecular weight is 439 g/mol. The molecule has 4 aromatic rings. The molecule has 4 rings (SSSR count). The number of hydrogen-bond acceptors (Lipinski definition) is 2. The van der Waals surface area contributed by atoms with E-state index in [2.05, 4.69) is 50.9 Å². The lowest BCUT2D eigenvalue weighted by atomic mass is 10.1. The smallest absolute Gasteiger partial charge is 0.268 e. The number of rotatable bonds is 5. The summed E-state index contributed by atoms with van der Waals surface area (Å²) in [6.07, 6.45) is 0. The number of nitrogens with zero attached hydrogens (tertiary/aromatic N) is 1. The first-order valence-corrected chi connectivity index (χ1v) is 10.4. The lowest BCUT2D eigenvalue weighted by Crippen LogP contribution is -2.25. The summed E-state index contributed by atoms with van der Waals surface area (Å²) in [6.45, 7) is 3.30. The van der Waals surface area contributed by atoms with Crippen molar-refractivity contribution in [3.8, 4) is 0 Å². The first-order chi connectivity index (χ1) is 13.1. The van der Waals surface area contributed by atoms with Crippen LogP contribution in [-0.2, 0) is 13.1 Å². The predicted molar refractivity (Wildman–Crippen MR) is 115 cm³/mol. The van der Waals surface area contributed by atoms with Gasteiger partial charge in [-0.1, -0.05) is 54.6 Å². The summed E-state index contributed by atoms with van der Waals surface area (Å²) in [4.78, 5) is 12.9. The van der Waals surface area contributed by atoms with E-state index in [-0.39, 0.29) is 5.91 Å². The van der Waals surface area contributed by atoms with Crippen molar-refractivity contribution in [2.45, 2.75) is 20.0 Å². The quantitative estimate of drug-likeness (QED) is 0.422. The number of thiophene rings is 1. The van der Waals surface area contributed by atoms with Crippen LogP contribution in [0.25, 0.3) is 10.2 Å². The van der Waals surface area contributed by atoms with Crippen LogP contribution in [0.4, 0.5) is 0 Å². The number of aryl methyl sites for hydroxylation is 1. The maximum absolute atomic E-state index is 12.9. The number of carbonyl (C=O) groups is 1. The molecule has 2 heterocycles. The number of carbonyl (C=O) groups excluding carboxylic acids is 1. The number of benzene rings is 2. The highest BCUT2D eigenvalue weighted by Crippen LogP contribution is 2.33. The lowest BCUT2D eigenvalue weighted by molar-refractivity contribution is 0.0942. The summed E-state index contributed by atoms with van der Waals surface area (Å²) in [7, 11) is 0. The molecule has 136 valence electrons. The molecule has 0 aliphatic rings. The normalized spacial score (nSPS) is 11.0. The molecule has 0 radical (unpaired) electrons. The minimum Gasteiger partial charge on any atom is -0.347 e. The maximum atomic E-state index is 12.9. The molecule has 0 aliphatic heterocycles. The van der Waals surface area contributed by atoms with E-state index in [1.807, 2.05) is 48.5 Å². The van der Waals surface area contributed by atoms with Gasteiger partial charge < -0.3 is 9.88 Å². The van der Waals surface area contributed by atoms with Crippen LogP contribution in [0.5, 0.6) is 0 Å². The third-order valence-electron chi connectivity index (χ3n) is 4.68. The Morgan fingerprint density at radius 1 is 1.07 bits per heavy atom. The molecule has 0 aliphatic carbocycles. The highest BCUT2D eigenvalue weighted by molar-refractivity contribution is 9.11. The van der Waals surface area contributed by atoms with Crippen molar-refractivity contribution in [1.82, 2.24) is 9.88 Å². The van der Waals surface area contributed by atoms with E-state index in [9.17, 15) is 4.79 Å². The van der Waals surface area contributed by atoms with Gasteiger partial charge in [0.05, 0.1) is 14.0 Å². The highest BCUT2D eigenvalue weighted by atomic mass is 79.9. The van der Waals surface area contributed by atoms with E-state index >= 15 is 0 Å². The fourth-order valence-electron chi connectivity index (χ4n) is 3.20. The zero-order valence-electron chi connectivity index (χ0n) is 14.9. The number of amides is 1. The molecule has 2 aromatic heterocycles. The molecule has 0 saturated carbocycles. The SMILES string of the molecule is Cc1ccccc1Cn1c(C(=O)NCc2ccccc2)cc2sc(Br)cc21. The van der Waals surface area contributed by atoms with Crippen LogP contribution in [-0.4, -0.2) is 10.5 Å². The standard InChI is InChI=1S/C22H19BrN2OS/c1-15-7-5-6-10-17(15)14-25-18-12-21(23)27-20(18)11-19(25)22(26)24-13-16-8-3-2-4-9-16/h2-12H,13-14H2,1H3,(H,24,26). The minimum atomic E-state index is -0.0491. The molecular formula is C22H19BrN2OS. The molecule has 0 unspecified atom stereocenters. The third-order valence-corrected chi connectivity index (χ3v) is 6.25. The summed E-state index contributed by atoms with van der Waals surface area (Å²) in [5.74, 6) is -0.0491. The van der Waals surface area contributed by atoms with Crippen LogP contribution in [0, 0.1) is 6.92 Å². The summed E-state index contributed by atoms with van der Waals surface area (Å²) < 4.78 is 4.29. The molecular weight excluding hydrogens is 420 g/mol. The van der Waals surface area contributed by atoms with Crippen LogP contribution in [0.15, 0.2) is 70.5 Å². The number of hydrogen-bond donors (Lipinski definition) is 1. The van der Waals surface area contributed by atoms with Gasteiger partial charge in [-0.15, -0.1) is 11.3 Å². The van der Waals surface area contributed by atoms with Crippen molar-refractivity contribution in [2.75, 3.05) is 0 Å². The lowest BCUT2D eigenvalue weighted by Gasteiger charge is -2.13. The monoisotopic (exact) mass is 438 g/mol. The van der Waals surface area contributed by atoms with E-state index < -0.39 is 0 Å². The van der Waals surface area contributed by atoms with Gasteiger partial charge in [0.25, 0.3) is 5.91 Å². The summed E-state index contributed by atoms with van der Waals surface area (Å²) in [5, 5.41) is 3.05. The molecule has 5 heteroatoms. The fourth-order valence-corrected chi connectivity index (χ4v) is 4.76. The van der Waals surface area contributed by atoms with Crippen molar-refractivity contribution in [2.24, 2.45) is 0 Å². The Kier molecular flexibility index (Phi) is 5.14. The van der Waals surface area contributed by atoms with Crippen molar-refractivity contribution in [1.29, 1.82) is 0 Å². The molecule has 3 nitrogen and oxygen atoms in total. The Labute approximate surface area is 170 Å². The summed E-state index contributed by atoms with van der Waals surface area (Å²) in [6, 6.07) is 22.4. The van der Waals surface area contributed by atoms with E-state index in [0.29, 0.717) is 18.8 Å². The van der Waals surface area contributed by atoms with Gasteiger partial charge in [0.1, 0.15) is 5.69 Å². The van der Waals surface area contributed by atoms with Crippen molar-refractivity contribution in [3.63, 3.8) is 0 Å². The predicted octanol–water partition coefficient (Wildman–Crippen LogP) is 5.75. The van der Waals surface area contributed by atoms with E-state index in [1.54, 1.807) is 11.3 Å². The molecule has 0 saturated heterocycles. The number of fused-ring (bicyclic) bond motifs is 1. The molecule has 2 aromatic carbocycles. The Bertz CT molecular complexity index is 1100. The van der Waals surface area contributed by atoms with Crippen LogP contribution >= 0.6 is 27.3 Å². The van der Waals surface area contributed by atoms with E-state index in [1.165, 1.54) is 11.1 Å². The maximum Gasteiger partial charge on any atom is 0.268 e. The Hall–Kier alpha value is -2.37. The van der Waals surface area contributed by atoms with Gasteiger partial charge in [-0.05, 0) is 51.7 Å². The second kappa shape index (κ2) is 7.71. The number of aromatic nitrogens is 1. The van der Waals surface area contributed by atoms with Gasteiger partial charge in [0, 0.05) is 13.1 Å². The molecule has 1 N–H and O–H groups in total. The highest BCUT2D eigenvalue weighted by Gasteiger charge is 2.18. The van der Waals surface area contributed by atoms with Crippen LogP contribution < -0.4 is 5.32 Å². The van der Waals surface area contributed by atoms with Gasteiger partial charge in [0.15, 0.2) is 0 Å². The topological polar surface area (TPSA) is 34.0 Å². The Morgan fingerprint density at radius 2 is 1.81 bits per heavy atom. The summed E-state index contributed by atoms with van der Waals surface area (Å²) in [5.41, 5.74) is 5.31. The second-order valence-electron chi connectivity index (χ2n) is 6.51. The van der Waals surface area contributed by atoms with Gasteiger partial charge >= 0.3 is 0 Å². The molecule has 0 fully saturated rings. The Balaban J connectivity index is 1.66. The molecule has 1 amide bonds. The minimum absolute atomic E-state index is 0.0491. The second-order valence-corrected chi connectivity index (χ2v) is 8.97. The van der Waals surface area contributed by atoms with Crippen LogP contribution in [0.2, 0.25) is 0 Å². The zero-order valence-corrected chi connectivity index (χ0v) is 17.3. The van der Waals surface area contributed by atoms with Crippen LogP contribution in [0.1, 0.15) is 27.2 Å². The van der Waals surface area contributed by atoms with Crippen molar-refractivity contribution < 1.29 is 4.79 Å². The van der Waals surface area contributed by atoms with Crippen molar-refractivity contribution >= 4 is 43.4 Å². The van der Waals surface area contributed by atoms with Crippen molar-refractivity contribution in [3.05, 3.63) is 92.9 Å². The van der Waals surface area contributed by atoms with Crippen LogP contribution in [0.3, 0.4) is 0 Å². The van der Waals surface area contributed by atoms with Gasteiger partial charge in [-0.3, -0.25) is 4.79 Å². The zero-order chi connectivity index (χ0) is 18.8. The summed E-state index contributed by atoms with van der Waals surface area (Å²) >= 11 is 5.22. The molecule has 0 atom stereocenters. The largest absolute Gasteiger partial charge is 0.347 e. The first-order valence-electron chi connectivity index (χ1n) is 8.77. The molecule has 27 heavy (non-hydrogen) atoms. The molecule has 0 bridgehead atoms. The molecule has 0 spiro atoms. The number of halogens is 1. The van der Waals surface area contributed by atoms with E-state index in [4.69, 9.17) is 0 Å². The number of nitrogens with one attached hydrogen (secondary N) is 1. The fraction of sp³-hybridized carbons (Fsp3) is 0.136. The van der Waals surface area contributed by atoms with E-state index in [0.717, 1.165) is 19.6 Å². The third kappa shape index (κ3) is 3.84. The van der Waals surface area contributed by atoms with Gasteiger partial charge in [0.2, 0.25) is 0 Å².